The fourth-order valence-electron chi connectivity index (χ4n) is 4.66. The van der Waals surface area contributed by atoms with Crippen LogP contribution in [0.3, 0.4) is 0 Å². The number of imidazole rings is 1. The molecule has 1 unspecified atom stereocenters. The van der Waals surface area contributed by atoms with E-state index in [1.807, 2.05) is 0 Å². The first-order chi connectivity index (χ1) is 21.4. The van der Waals surface area contributed by atoms with Gasteiger partial charge in [0.25, 0.3) is 0 Å². The van der Waals surface area contributed by atoms with E-state index in [9.17, 15) is 27.5 Å². The number of carboxylic acid groups (broad SMARTS) is 1. The zero-order valence-electron chi connectivity index (χ0n) is 22.5. The van der Waals surface area contributed by atoms with Crippen molar-refractivity contribution in [2.75, 3.05) is 6.61 Å². The monoisotopic (exact) mass is 653 g/mol. The Kier molecular flexibility index (Phi) is 7.90. The van der Waals surface area contributed by atoms with Gasteiger partial charge in [0.15, 0.2) is 17.5 Å². The summed E-state index contributed by atoms with van der Waals surface area (Å²) in [6.45, 7) is 0.104. The number of ether oxygens (including phenoxy) is 2. The normalized spacial score (nSPS) is 15.0. The maximum absolute atomic E-state index is 15.4. The first-order valence-corrected chi connectivity index (χ1v) is 13.9. The van der Waals surface area contributed by atoms with Crippen LogP contribution in [0.4, 0.5) is 30.7 Å². The first kappa shape index (κ1) is 30.4. The van der Waals surface area contributed by atoms with E-state index in [0.29, 0.717) is 36.6 Å². The van der Waals surface area contributed by atoms with Crippen molar-refractivity contribution in [1.29, 1.82) is 0 Å². The molecule has 17 heteroatoms. The molecule has 1 saturated heterocycles. The zero-order chi connectivity index (χ0) is 32.0. The fraction of sp³-hybridized carbons (Fsp3) is 0.250. The number of thiazole rings is 1. The summed E-state index contributed by atoms with van der Waals surface area (Å²) in [5, 5.41) is 9.33. The molecule has 1 aliphatic heterocycles. The summed E-state index contributed by atoms with van der Waals surface area (Å²) in [4.78, 5) is 26.1. The molecular formula is C28H18F7N5O4S. The Labute approximate surface area is 251 Å². The number of aromatic carboxylic acids is 1. The molecule has 9 nitrogen and oxygen atoms in total. The average molecular weight is 654 g/mol. The number of benzene rings is 2. The maximum atomic E-state index is 15.4. The molecule has 0 aliphatic carbocycles. The van der Waals surface area contributed by atoms with Crippen LogP contribution in [0.2, 0.25) is 0 Å². The number of hydrogen-bond donors (Lipinski definition) is 1. The minimum Gasteiger partial charge on any atom is -0.478 e. The van der Waals surface area contributed by atoms with Gasteiger partial charge in [-0.15, -0.1) is 11.3 Å². The molecule has 1 fully saturated rings. The van der Waals surface area contributed by atoms with Gasteiger partial charge in [0.1, 0.15) is 33.6 Å². The lowest BCUT2D eigenvalue weighted by atomic mass is 10.0. The van der Waals surface area contributed by atoms with E-state index in [-0.39, 0.29) is 45.8 Å². The highest BCUT2D eigenvalue weighted by atomic mass is 32.1. The summed E-state index contributed by atoms with van der Waals surface area (Å²) in [6, 6.07) is 3.40. The molecule has 1 aliphatic rings. The molecule has 4 heterocycles. The fourth-order valence-corrected chi connectivity index (χ4v) is 5.36. The van der Waals surface area contributed by atoms with Crippen LogP contribution in [-0.2, 0) is 30.5 Å². The van der Waals surface area contributed by atoms with Crippen molar-refractivity contribution in [3.63, 3.8) is 0 Å². The Morgan fingerprint density at radius 3 is 2.53 bits per heavy atom. The van der Waals surface area contributed by atoms with Gasteiger partial charge in [0.05, 0.1) is 35.6 Å². The van der Waals surface area contributed by atoms with Crippen LogP contribution in [0.15, 0.2) is 36.7 Å². The molecule has 0 amide bonds. The molecule has 2 aromatic carbocycles. The third-order valence-electron chi connectivity index (χ3n) is 6.97. The second-order valence-electron chi connectivity index (χ2n) is 9.87. The van der Waals surface area contributed by atoms with Gasteiger partial charge in [-0.1, -0.05) is 0 Å². The number of hydrogen-bond acceptors (Lipinski definition) is 8. The second kappa shape index (κ2) is 11.7. The molecular weight excluding hydrogens is 635 g/mol. The molecule has 1 atom stereocenters. The summed E-state index contributed by atoms with van der Waals surface area (Å²) < 4.78 is 112. The number of fused-ring (bicyclic) bond motifs is 1. The summed E-state index contributed by atoms with van der Waals surface area (Å²) in [5.74, 6) is -6.64. The van der Waals surface area contributed by atoms with Crippen molar-refractivity contribution in [3.8, 4) is 17.3 Å². The Bertz CT molecular complexity index is 1940. The van der Waals surface area contributed by atoms with Crippen molar-refractivity contribution in [2.24, 2.45) is 0 Å². The molecule has 0 spiro atoms. The quantitative estimate of drug-likeness (QED) is 0.148. The van der Waals surface area contributed by atoms with Crippen LogP contribution in [0, 0.1) is 23.3 Å². The lowest BCUT2D eigenvalue weighted by molar-refractivity contribution is -0.134. The average Bonchev–Trinajstić information content (AvgIpc) is 3.59. The van der Waals surface area contributed by atoms with Crippen molar-refractivity contribution < 1.29 is 50.1 Å². The third kappa shape index (κ3) is 6.04. The maximum Gasteiger partial charge on any atom is 0.427 e. The molecule has 5 aromatic rings. The molecule has 45 heavy (non-hydrogen) atoms. The number of nitrogens with zero attached hydrogens (tertiary/aromatic N) is 5. The highest BCUT2D eigenvalue weighted by molar-refractivity contribution is 7.11. The van der Waals surface area contributed by atoms with Crippen molar-refractivity contribution in [1.82, 2.24) is 24.5 Å². The van der Waals surface area contributed by atoms with Crippen LogP contribution >= 0.6 is 11.3 Å². The summed E-state index contributed by atoms with van der Waals surface area (Å²) >= 11 is 0.344. The molecule has 6 rings (SSSR count). The van der Waals surface area contributed by atoms with Crippen LogP contribution < -0.4 is 4.74 Å². The lowest BCUT2D eigenvalue weighted by Gasteiger charge is -2.27. The van der Waals surface area contributed by atoms with Gasteiger partial charge in [0, 0.05) is 30.4 Å². The minimum absolute atomic E-state index is 0.0436. The van der Waals surface area contributed by atoms with E-state index in [0.717, 1.165) is 18.3 Å². The van der Waals surface area contributed by atoms with Gasteiger partial charge in [-0.3, -0.25) is 0 Å². The molecule has 0 saturated carbocycles. The molecule has 234 valence electrons. The second-order valence-corrected chi connectivity index (χ2v) is 11.0. The van der Waals surface area contributed by atoms with Crippen LogP contribution in [0.1, 0.15) is 38.1 Å². The number of halogens is 7. The van der Waals surface area contributed by atoms with E-state index < -0.39 is 70.5 Å². The Balaban J connectivity index is 1.30. The number of carbonyl (C=O) groups is 1. The van der Waals surface area contributed by atoms with Gasteiger partial charge in [-0.05, 0) is 30.7 Å². The predicted octanol–water partition coefficient (Wildman–Crippen LogP) is 6.18. The molecule has 1 N–H and O–H groups in total. The predicted molar refractivity (Wildman–Crippen MR) is 143 cm³/mol. The summed E-state index contributed by atoms with van der Waals surface area (Å²) in [5.41, 5.74) is -2.13. The number of aromatic nitrogens is 5. The van der Waals surface area contributed by atoms with Gasteiger partial charge >= 0.3 is 18.2 Å². The van der Waals surface area contributed by atoms with Crippen LogP contribution in [0.5, 0.6) is 6.01 Å². The Hall–Kier alpha value is -4.64. The van der Waals surface area contributed by atoms with E-state index in [2.05, 4.69) is 19.9 Å². The molecule has 0 radical (unpaired) electrons. The van der Waals surface area contributed by atoms with Gasteiger partial charge in [-0.25, -0.2) is 37.3 Å². The van der Waals surface area contributed by atoms with E-state index in [4.69, 9.17) is 9.47 Å². The highest BCUT2D eigenvalue weighted by Crippen LogP contribution is 2.34. The Morgan fingerprint density at radius 1 is 1.09 bits per heavy atom. The summed E-state index contributed by atoms with van der Waals surface area (Å²) in [6.07, 6.45) is -3.15. The van der Waals surface area contributed by atoms with Crippen LogP contribution in [-0.4, -0.2) is 48.3 Å². The van der Waals surface area contributed by atoms with Crippen molar-refractivity contribution >= 4 is 28.3 Å². The largest absolute Gasteiger partial charge is 0.478 e. The Morgan fingerprint density at radius 2 is 1.87 bits per heavy atom. The van der Waals surface area contributed by atoms with Crippen LogP contribution in [0.25, 0.3) is 22.3 Å². The zero-order valence-corrected chi connectivity index (χ0v) is 23.4. The number of alkyl halides is 3. The summed E-state index contributed by atoms with van der Waals surface area (Å²) in [7, 11) is 0. The first-order valence-electron chi connectivity index (χ1n) is 13.1. The standard InChI is InChI=1S/C28H18F7N5O4S/c29-16-7-15(18-1-3-36-27(38-18)44-11-22-37-9-20(45-22)28(33,34)35)24(32)23(31)14(16)8-21-39-25-17(30)5-12(26(41)42)6-19(25)40(21)10-13-2-4-43-13/h1,3,5-7,9,13H,2,4,8,10-11H2,(H,41,42). The van der Waals surface area contributed by atoms with E-state index >= 15 is 13.2 Å². The highest BCUT2D eigenvalue weighted by Gasteiger charge is 2.33. The molecule has 3 aromatic heterocycles. The number of carboxylic acids is 1. The minimum atomic E-state index is -4.58. The third-order valence-corrected chi connectivity index (χ3v) is 7.98. The van der Waals surface area contributed by atoms with E-state index in [1.54, 1.807) is 0 Å². The van der Waals surface area contributed by atoms with E-state index in [1.165, 1.54) is 10.6 Å². The van der Waals surface area contributed by atoms with Crippen molar-refractivity contribution in [2.45, 2.75) is 38.3 Å². The molecule has 0 bridgehead atoms. The van der Waals surface area contributed by atoms with Gasteiger partial charge in [0.2, 0.25) is 0 Å². The van der Waals surface area contributed by atoms with Crippen molar-refractivity contribution in [3.05, 3.63) is 86.8 Å². The number of rotatable bonds is 9. The van der Waals surface area contributed by atoms with Gasteiger partial charge in [-0.2, -0.15) is 18.2 Å². The lowest BCUT2D eigenvalue weighted by Crippen LogP contribution is -2.31. The van der Waals surface area contributed by atoms with Gasteiger partial charge < -0.3 is 19.1 Å². The SMILES string of the molecule is O=C(O)c1cc(F)c2nc(Cc3c(F)cc(-c4ccnc(OCc5ncc(C(F)(F)F)s5)n4)c(F)c3F)n(CC3CCO3)c2c1. The smallest absolute Gasteiger partial charge is 0.427 e. The topological polar surface area (TPSA) is 112 Å².